The van der Waals surface area contributed by atoms with Crippen LogP contribution < -0.4 is 4.90 Å². The van der Waals surface area contributed by atoms with Gasteiger partial charge >= 0.3 is 5.97 Å². The molecule has 1 aromatic heterocycles. The molecule has 5 aromatic rings. The summed E-state index contributed by atoms with van der Waals surface area (Å²) in [6.45, 7) is 14.3. The standard InChI is InChI=1S/C44H45N5O4/c1-26-10-17-34(28(3)20-26)40-46-41(35-18-11-27(2)21-29(35)4)48-42(47-40)36-23-31(24-37(39(36)51)44(5,6)7)14-19-38(50)49(8)33-15-12-30(13-16-33)22-32(25-45)43(52)53-9/h10-13,15-18,20-24,51H,14,19H2,1-9H3. The van der Waals surface area contributed by atoms with Crippen molar-refractivity contribution in [3.8, 4) is 46.0 Å². The fourth-order valence-corrected chi connectivity index (χ4v) is 6.22. The van der Waals surface area contributed by atoms with Crippen LogP contribution in [0, 0.1) is 39.0 Å². The van der Waals surface area contributed by atoms with Crippen LogP contribution in [0.4, 0.5) is 5.69 Å². The van der Waals surface area contributed by atoms with Gasteiger partial charge in [0.2, 0.25) is 5.91 Å². The number of esters is 1. The predicted octanol–water partition coefficient (Wildman–Crippen LogP) is 8.78. The van der Waals surface area contributed by atoms with Crippen LogP contribution in [0.15, 0.2) is 78.4 Å². The largest absolute Gasteiger partial charge is 0.507 e. The summed E-state index contributed by atoms with van der Waals surface area (Å²) in [6, 6.07) is 25.0. The molecule has 270 valence electrons. The number of anilines is 1. The van der Waals surface area contributed by atoms with Gasteiger partial charge in [-0.2, -0.15) is 5.26 Å². The van der Waals surface area contributed by atoms with E-state index in [1.807, 2.05) is 90.9 Å². The van der Waals surface area contributed by atoms with Crippen LogP contribution in [-0.4, -0.2) is 46.1 Å². The molecule has 9 heteroatoms. The number of phenols is 1. The van der Waals surface area contributed by atoms with Gasteiger partial charge in [0.15, 0.2) is 17.5 Å². The van der Waals surface area contributed by atoms with E-state index in [4.69, 9.17) is 15.0 Å². The van der Waals surface area contributed by atoms with Crippen LogP contribution in [-0.2, 0) is 26.2 Å². The van der Waals surface area contributed by atoms with Crippen LogP contribution >= 0.6 is 0 Å². The Morgan fingerprint density at radius 3 is 1.81 bits per heavy atom. The van der Waals surface area contributed by atoms with Crippen molar-refractivity contribution < 1.29 is 19.4 Å². The number of nitrogens with zero attached hydrogens (tertiary/aromatic N) is 5. The number of benzene rings is 4. The van der Waals surface area contributed by atoms with Gasteiger partial charge in [-0.05, 0) is 86.1 Å². The summed E-state index contributed by atoms with van der Waals surface area (Å²) in [5.41, 5.74) is 8.89. The van der Waals surface area contributed by atoms with Crippen molar-refractivity contribution in [1.82, 2.24) is 15.0 Å². The first-order valence-corrected chi connectivity index (χ1v) is 17.4. The SMILES string of the molecule is COC(=O)C(C#N)=Cc1ccc(N(C)C(=O)CCc2cc(-c3nc(-c4ccc(C)cc4C)nc(-c4ccc(C)cc4C)n3)c(O)c(C(C)(C)C)c2)cc1. The van der Waals surface area contributed by atoms with Crippen molar-refractivity contribution in [1.29, 1.82) is 5.26 Å². The number of aromatic nitrogens is 3. The molecule has 0 aliphatic carbocycles. The van der Waals surface area contributed by atoms with Gasteiger partial charge in [-0.15, -0.1) is 0 Å². The summed E-state index contributed by atoms with van der Waals surface area (Å²) in [6.07, 6.45) is 2.05. The van der Waals surface area contributed by atoms with Crippen LogP contribution in [0.3, 0.4) is 0 Å². The first kappa shape index (κ1) is 38.1. The summed E-state index contributed by atoms with van der Waals surface area (Å²) >= 11 is 0. The molecule has 0 bridgehead atoms. The van der Waals surface area contributed by atoms with E-state index in [2.05, 4.69) is 16.9 Å². The van der Waals surface area contributed by atoms with Crippen LogP contribution in [0.5, 0.6) is 5.75 Å². The minimum Gasteiger partial charge on any atom is -0.507 e. The fourth-order valence-electron chi connectivity index (χ4n) is 6.22. The molecule has 5 rings (SSSR count). The van der Waals surface area contributed by atoms with E-state index in [0.29, 0.717) is 40.7 Å². The maximum absolute atomic E-state index is 13.5. The Hall–Kier alpha value is -6.14. The monoisotopic (exact) mass is 707 g/mol. The van der Waals surface area contributed by atoms with Crippen LogP contribution in [0.2, 0.25) is 0 Å². The maximum atomic E-state index is 13.5. The fraction of sp³-hybridized carbons (Fsp3) is 0.273. The molecule has 0 aliphatic heterocycles. The summed E-state index contributed by atoms with van der Waals surface area (Å²) in [7, 11) is 2.93. The number of rotatable bonds is 9. The zero-order valence-electron chi connectivity index (χ0n) is 31.8. The highest BCUT2D eigenvalue weighted by atomic mass is 16.5. The van der Waals surface area contributed by atoms with Gasteiger partial charge in [-0.25, -0.2) is 19.7 Å². The Morgan fingerprint density at radius 1 is 0.811 bits per heavy atom. The Bertz CT molecular complexity index is 2210. The summed E-state index contributed by atoms with van der Waals surface area (Å²) < 4.78 is 4.65. The normalized spacial score (nSPS) is 11.6. The van der Waals surface area contributed by atoms with Gasteiger partial charge in [0, 0.05) is 35.8 Å². The molecule has 9 nitrogen and oxygen atoms in total. The van der Waals surface area contributed by atoms with E-state index in [0.717, 1.165) is 44.5 Å². The number of nitriles is 1. The Labute approximate surface area is 311 Å². The van der Waals surface area contributed by atoms with E-state index in [9.17, 15) is 20.0 Å². The number of hydrogen-bond donors (Lipinski definition) is 1. The van der Waals surface area contributed by atoms with Crippen LogP contribution in [0.25, 0.3) is 40.2 Å². The highest BCUT2D eigenvalue weighted by Gasteiger charge is 2.25. The molecule has 0 spiro atoms. The van der Waals surface area contributed by atoms with E-state index >= 15 is 0 Å². The van der Waals surface area contributed by atoms with E-state index in [-0.39, 0.29) is 23.7 Å². The van der Waals surface area contributed by atoms with Crippen molar-refractivity contribution >= 4 is 23.6 Å². The third-order valence-corrected chi connectivity index (χ3v) is 9.22. The average Bonchev–Trinajstić information content (AvgIpc) is 3.12. The number of amides is 1. The Kier molecular flexibility index (Phi) is 11.2. The summed E-state index contributed by atoms with van der Waals surface area (Å²) in [4.78, 5) is 41.8. The molecule has 0 radical (unpaired) electrons. The second kappa shape index (κ2) is 15.6. The first-order chi connectivity index (χ1) is 25.1. The lowest BCUT2D eigenvalue weighted by atomic mass is 9.83. The molecule has 0 fully saturated rings. The first-order valence-electron chi connectivity index (χ1n) is 17.4. The minimum absolute atomic E-state index is 0.0925. The molecule has 1 heterocycles. The Morgan fingerprint density at radius 2 is 1.34 bits per heavy atom. The van der Waals surface area contributed by atoms with E-state index in [1.54, 1.807) is 36.2 Å². The molecule has 0 atom stereocenters. The van der Waals surface area contributed by atoms with Crippen molar-refractivity contribution in [2.24, 2.45) is 0 Å². The lowest BCUT2D eigenvalue weighted by Gasteiger charge is -2.24. The predicted molar refractivity (Wildman–Crippen MR) is 209 cm³/mol. The lowest BCUT2D eigenvalue weighted by Crippen LogP contribution is -2.26. The number of carbonyl (C=O) groups is 2. The van der Waals surface area contributed by atoms with Gasteiger partial charge in [0.05, 0.1) is 12.7 Å². The molecule has 1 N–H and O–H groups in total. The van der Waals surface area contributed by atoms with Gasteiger partial charge in [-0.3, -0.25) is 4.79 Å². The third-order valence-electron chi connectivity index (χ3n) is 9.22. The second-order valence-corrected chi connectivity index (χ2v) is 14.4. The molecule has 0 unspecified atom stereocenters. The molecule has 1 amide bonds. The highest BCUT2D eigenvalue weighted by Crippen LogP contribution is 2.40. The van der Waals surface area contributed by atoms with Crippen LogP contribution in [0.1, 0.15) is 66.1 Å². The zero-order valence-corrected chi connectivity index (χ0v) is 31.8. The second-order valence-electron chi connectivity index (χ2n) is 14.4. The molecule has 0 saturated carbocycles. The number of phenolic OH excluding ortho intramolecular Hbond substituents is 1. The van der Waals surface area contributed by atoms with Gasteiger partial charge in [0.25, 0.3) is 0 Å². The van der Waals surface area contributed by atoms with Crippen molar-refractivity contribution in [2.75, 3.05) is 19.1 Å². The quantitative estimate of drug-likeness (QED) is 0.0915. The zero-order chi connectivity index (χ0) is 38.6. The number of aryl methyl sites for hydroxylation is 5. The third kappa shape index (κ3) is 8.67. The number of hydrogen-bond acceptors (Lipinski definition) is 8. The number of ether oxygens (including phenoxy) is 1. The van der Waals surface area contributed by atoms with Gasteiger partial charge in [0.1, 0.15) is 17.4 Å². The lowest BCUT2D eigenvalue weighted by molar-refractivity contribution is -0.135. The van der Waals surface area contributed by atoms with Crippen molar-refractivity contribution in [3.05, 3.63) is 117 Å². The van der Waals surface area contributed by atoms with E-state index in [1.165, 1.54) is 13.2 Å². The smallest absolute Gasteiger partial charge is 0.348 e. The molecule has 0 saturated heterocycles. The summed E-state index contributed by atoms with van der Waals surface area (Å²) in [5.74, 6) is 0.639. The molecule has 0 aliphatic rings. The number of aromatic hydroxyl groups is 1. The molecular weight excluding hydrogens is 663 g/mol. The topological polar surface area (TPSA) is 129 Å². The maximum Gasteiger partial charge on any atom is 0.348 e. The molecular formula is C44H45N5O4. The minimum atomic E-state index is -0.713. The number of methoxy groups -OCH3 is 1. The number of carbonyl (C=O) groups excluding carboxylic acids is 2. The molecule has 53 heavy (non-hydrogen) atoms. The van der Waals surface area contributed by atoms with Crippen molar-refractivity contribution in [3.63, 3.8) is 0 Å². The van der Waals surface area contributed by atoms with Crippen molar-refractivity contribution in [2.45, 2.75) is 66.7 Å². The summed E-state index contributed by atoms with van der Waals surface area (Å²) in [5, 5.41) is 21.1. The van der Waals surface area contributed by atoms with Gasteiger partial charge < -0.3 is 14.7 Å². The molecule has 4 aromatic carbocycles. The highest BCUT2D eigenvalue weighted by molar-refractivity contribution is 5.98. The van der Waals surface area contributed by atoms with E-state index < -0.39 is 11.4 Å². The Balaban J connectivity index is 1.52. The average molecular weight is 708 g/mol. The van der Waals surface area contributed by atoms with Gasteiger partial charge in [-0.1, -0.05) is 86.5 Å².